The fraction of sp³-hybridized carbons (Fsp3) is 0.0263. The number of nitrogens with zero attached hydrogens (tertiary/aromatic N) is 5. The van der Waals surface area contributed by atoms with Gasteiger partial charge in [0.1, 0.15) is 27.8 Å². The van der Waals surface area contributed by atoms with Crippen molar-refractivity contribution in [2.75, 3.05) is 0 Å². The van der Waals surface area contributed by atoms with Gasteiger partial charge in [0, 0.05) is 40.7 Å². The highest BCUT2D eigenvalue weighted by atomic mass is 35.5. The molecule has 0 unspecified atom stereocenters. The van der Waals surface area contributed by atoms with E-state index in [-0.39, 0.29) is 5.82 Å². The summed E-state index contributed by atoms with van der Waals surface area (Å²) < 4.78 is 18.2. The molecule has 5 nitrogen and oxygen atoms in total. The molecule has 0 spiro atoms. The van der Waals surface area contributed by atoms with Crippen molar-refractivity contribution in [1.82, 2.24) is 24.1 Å². The minimum Gasteiger partial charge on any atom is -0.296 e. The van der Waals surface area contributed by atoms with Crippen molar-refractivity contribution in [3.05, 3.63) is 179 Å². The van der Waals surface area contributed by atoms with E-state index in [0.29, 0.717) is 16.4 Å². The molecule has 8 rings (SSSR count). The molecular weight excluding hydrogens is 613 g/mol. The minimum absolute atomic E-state index is 0.312. The topological polar surface area (TPSA) is 48.0 Å². The Hall–Kier alpha value is -5.37. The van der Waals surface area contributed by atoms with Gasteiger partial charge in [-0.2, -0.15) is 5.10 Å². The first-order valence-electron chi connectivity index (χ1n) is 14.7. The predicted molar refractivity (Wildman–Crippen MR) is 183 cm³/mol. The van der Waals surface area contributed by atoms with Crippen molar-refractivity contribution in [3.8, 4) is 33.1 Å². The van der Waals surface area contributed by atoms with E-state index in [0.717, 1.165) is 44.1 Å². The van der Waals surface area contributed by atoms with Gasteiger partial charge in [0.25, 0.3) is 0 Å². The molecule has 8 aromatic rings. The summed E-state index contributed by atoms with van der Waals surface area (Å²) in [6, 6.07) is 39.5. The highest BCUT2D eigenvalue weighted by Crippen LogP contribution is 2.44. The summed E-state index contributed by atoms with van der Waals surface area (Å²) in [5.41, 5.74) is 6.91. The van der Waals surface area contributed by atoms with E-state index in [1.807, 2.05) is 81.3 Å². The number of fused-ring (bicyclic) bond motifs is 1. The summed E-state index contributed by atoms with van der Waals surface area (Å²) in [6.07, 6.45) is 7.66. The van der Waals surface area contributed by atoms with Crippen LogP contribution in [0.5, 0.6) is 0 Å². The highest BCUT2D eigenvalue weighted by molar-refractivity contribution is 7.13. The Kier molecular flexibility index (Phi) is 7.05. The second-order valence-electron chi connectivity index (χ2n) is 10.9. The van der Waals surface area contributed by atoms with Crippen LogP contribution < -0.4 is 0 Å². The molecule has 4 heterocycles. The van der Waals surface area contributed by atoms with E-state index in [1.54, 1.807) is 24.5 Å². The van der Waals surface area contributed by atoms with Crippen LogP contribution in [0.25, 0.3) is 38.7 Å². The van der Waals surface area contributed by atoms with Crippen LogP contribution in [-0.4, -0.2) is 24.1 Å². The molecule has 0 atom stereocenters. The lowest BCUT2D eigenvalue weighted by Crippen LogP contribution is -2.38. The third-order valence-corrected chi connectivity index (χ3v) is 9.35. The van der Waals surface area contributed by atoms with Gasteiger partial charge in [-0.05, 0) is 47.0 Å². The summed E-state index contributed by atoms with van der Waals surface area (Å²) in [5, 5.41) is 8.65. The first-order chi connectivity index (χ1) is 22.6. The van der Waals surface area contributed by atoms with Gasteiger partial charge in [0.05, 0.1) is 11.2 Å². The second-order valence-corrected chi connectivity index (χ2v) is 12.2. The molecule has 222 valence electrons. The SMILES string of the molecule is Fc1ccc(-c2nn(C(c3ccccc3)(c3ccccc3)c3ccccc3)cc2-c2cc(Cl)c3ncc(-c4nccs4)n3c2)cc1. The molecule has 0 amide bonds. The fourth-order valence-electron chi connectivity index (χ4n) is 6.21. The monoisotopic (exact) mass is 637 g/mol. The second kappa shape index (κ2) is 11.5. The molecule has 0 aliphatic rings. The summed E-state index contributed by atoms with van der Waals surface area (Å²) in [5.74, 6) is -0.312. The Balaban J connectivity index is 1.46. The Morgan fingerprint density at radius 3 is 1.87 bits per heavy atom. The zero-order valence-corrected chi connectivity index (χ0v) is 25.9. The number of halogens is 2. The molecule has 46 heavy (non-hydrogen) atoms. The van der Waals surface area contributed by atoms with Gasteiger partial charge >= 0.3 is 0 Å². The lowest BCUT2D eigenvalue weighted by atomic mass is 9.77. The van der Waals surface area contributed by atoms with Crippen molar-refractivity contribution < 1.29 is 4.39 Å². The van der Waals surface area contributed by atoms with Gasteiger partial charge in [-0.15, -0.1) is 11.3 Å². The van der Waals surface area contributed by atoms with Crippen LogP contribution in [0.15, 0.2) is 151 Å². The zero-order chi connectivity index (χ0) is 31.1. The molecule has 0 fully saturated rings. The maximum absolute atomic E-state index is 14.2. The molecule has 0 saturated heterocycles. The number of thiazole rings is 1. The first-order valence-corrected chi connectivity index (χ1v) is 16.0. The van der Waals surface area contributed by atoms with Crippen LogP contribution in [-0.2, 0) is 5.54 Å². The number of hydrogen-bond donors (Lipinski definition) is 0. The lowest BCUT2D eigenvalue weighted by molar-refractivity contribution is 0.461. The van der Waals surface area contributed by atoms with Gasteiger partial charge in [-0.25, -0.2) is 14.4 Å². The van der Waals surface area contributed by atoms with Crippen LogP contribution in [0, 0.1) is 5.82 Å². The third-order valence-electron chi connectivity index (χ3n) is 8.27. The lowest BCUT2D eigenvalue weighted by Gasteiger charge is -2.36. The van der Waals surface area contributed by atoms with Crippen molar-refractivity contribution in [3.63, 3.8) is 0 Å². The molecule has 0 saturated carbocycles. The van der Waals surface area contributed by atoms with Crippen LogP contribution in [0.4, 0.5) is 4.39 Å². The van der Waals surface area contributed by atoms with Crippen LogP contribution >= 0.6 is 22.9 Å². The third kappa shape index (κ3) is 4.64. The normalized spacial score (nSPS) is 11.7. The van der Waals surface area contributed by atoms with E-state index in [2.05, 4.69) is 52.6 Å². The van der Waals surface area contributed by atoms with Gasteiger partial charge in [0.15, 0.2) is 5.65 Å². The standard InChI is InChI=1S/C38H25ClFN5S/c39-33-22-27(24-44-34(23-42-36(33)44)37-41-20-21-46-37)32-25-45(43-35(32)26-16-18-31(40)19-17-26)38(28-10-4-1-5-11-28,29-12-6-2-7-13-29)30-14-8-3-9-15-30/h1-25H. The number of imidazole rings is 1. The van der Waals surface area contributed by atoms with Crippen molar-refractivity contribution >= 4 is 28.6 Å². The Labute approximate surface area is 273 Å². The number of aromatic nitrogens is 5. The summed E-state index contributed by atoms with van der Waals surface area (Å²) in [4.78, 5) is 9.11. The molecule has 0 aliphatic heterocycles. The van der Waals surface area contributed by atoms with Crippen molar-refractivity contribution in [2.24, 2.45) is 0 Å². The first kappa shape index (κ1) is 28.1. The van der Waals surface area contributed by atoms with E-state index < -0.39 is 5.54 Å². The maximum atomic E-state index is 14.2. The molecule has 0 radical (unpaired) electrons. The van der Waals surface area contributed by atoms with E-state index in [4.69, 9.17) is 16.7 Å². The molecular formula is C38H25ClFN5S. The predicted octanol–water partition coefficient (Wildman–Crippen LogP) is 9.62. The van der Waals surface area contributed by atoms with Gasteiger partial charge in [-0.3, -0.25) is 9.08 Å². The smallest absolute Gasteiger partial charge is 0.156 e. The van der Waals surface area contributed by atoms with Gasteiger partial charge < -0.3 is 0 Å². The Morgan fingerprint density at radius 1 is 0.696 bits per heavy atom. The molecule has 0 bridgehead atoms. The molecule has 8 heteroatoms. The minimum atomic E-state index is -0.842. The number of rotatable bonds is 7. The fourth-order valence-corrected chi connectivity index (χ4v) is 7.12. The number of pyridine rings is 1. The van der Waals surface area contributed by atoms with Crippen LogP contribution in [0.3, 0.4) is 0 Å². The summed E-state index contributed by atoms with van der Waals surface area (Å²) >= 11 is 8.45. The molecule has 0 N–H and O–H groups in total. The quantitative estimate of drug-likeness (QED) is 0.164. The van der Waals surface area contributed by atoms with Crippen molar-refractivity contribution in [1.29, 1.82) is 0 Å². The largest absolute Gasteiger partial charge is 0.296 e. The van der Waals surface area contributed by atoms with E-state index in [1.165, 1.54) is 23.5 Å². The summed E-state index contributed by atoms with van der Waals surface area (Å²) in [6.45, 7) is 0. The van der Waals surface area contributed by atoms with Crippen LogP contribution in [0.2, 0.25) is 5.02 Å². The molecule has 0 aliphatic carbocycles. The summed E-state index contributed by atoms with van der Waals surface area (Å²) in [7, 11) is 0. The average Bonchev–Trinajstić information content (AvgIpc) is 3.88. The molecule has 4 aromatic carbocycles. The maximum Gasteiger partial charge on any atom is 0.156 e. The van der Waals surface area contributed by atoms with Crippen LogP contribution in [0.1, 0.15) is 16.7 Å². The average molecular weight is 638 g/mol. The molecule has 4 aromatic heterocycles. The van der Waals surface area contributed by atoms with Crippen molar-refractivity contribution in [2.45, 2.75) is 5.54 Å². The zero-order valence-electron chi connectivity index (χ0n) is 24.3. The van der Waals surface area contributed by atoms with E-state index in [9.17, 15) is 4.39 Å². The highest BCUT2D eigenvalue weighted by Gasteiger charge is 2.40. The van der Waals surface area contributed by atoms with E-state index >= 15 is 0 Å². The number of hydrogen-bond acceptors (Lipinski definition) is 4. The Morgan fingerprint density at radius 2 is 1.30 bits per heavy atom. The van der Waals surface area contributed by atoms with Gasteiger partial charge in [-0.1, -0.05) is 103 Å². The van der Waals surface area contributed by atoms with Gasteiger partial charge in [0.2, 0.25) is 0 Å². The number of benzene rings is 4. The Bertz CT molecular complexity index is 2170.